The van der Waals surface area contributed by atoms with E-state index in [9.17, 15) is 0 Å². The highest BCUT2D eigenvalue weighted by Crippen LogP contribution is 2.34. The van der Waals surface area contributed by atoms with Crippen LogP contribution in [-0.2, 0) is 22.3 Å². The molecular weight excluding hydrogens is 280 g/mol. The van der Waals surface area contributed by atoms with Gasteiger partial charge in [-0.1, -0.05) is 0 Å². The van der Waals surface area contributed by atoms with E-state index in [2.05, 4.69) is 14.9 Å². The lowest BCUT2D eigenvalue weighted by Gasteiger charge is -2.45. The summed E-state index contributed by atoms with van der Waals surface area (Å²) in [4.78, 5) is 11.4. The van der Waals surface area contributed by atoms with Gasteiger partial charge in [0.15, 0.2) is 0 Å². The summed E-state index contributed by atoms with van der Waals surface area (Å²) in [5.41, 5.74) is 8.35. The number of nitrogens with zero attached hydrogens (tertiary/aromatic N) is 3. The van der Waals surface area contributed by atoms with Gasteiger partial charge in [-0.25, -0.2) is 4.98 Å². The van der Waals surface area contributed by atoms with Crippen molar-refractivity contribution in [2.75, 3.05) is 43.5 Å². The fourth-order valence-corrected chi connectivity index (χ4v) is 3.93. The lowest BCUT2D eigenvalue weighted by Crippen LogP contribution is -2.55. The third-order valence-corrected chi connectivity index (χ3v) is 5.13. The number of aryl methyl sites for hydroxylation is 1. The van der Waals surface area contributed by atoms with Gasteiger partial charge in [0.05, 0.1) is 17.9 Å². The average molecular weight is 304 g/mol. The predicted molar refractivity (Wildman–Crippen MR) is 84.0 cm³/mol. The molecule has 0 aromatic carbocycles. The largest absolute Gasteiger partial charge is 0.381 e. The zero-order chi connectivity index (χ0) is 15.0. The Kier molecular flexibility index (Phi) is 3.66. The summed E-state index contributed by atoms with van der Waals surface area (Å²) < 4.78 is 11.6. The molecule has 2 aliphatic heterocycles. The summed E-state index contributed by atoms with van der Waals surface area (Å²) in [5, 5.41) is 0. The van der Waals surface area contributed by atoms with Crippen molar-refractivity contribution >= 4 is 11.8 Å². The molecule has 6 nitrogen and oxygen atoms in total. The molecule has 1 spiro atoms. The Morgan fingerprint density at radius 3 is 2.73 bits per heavy atom. The van der Waals surface area contributed by atoms with Crippen LogP contribution in [0, 0.1) is 0 Å². The first-order valence-electron chi connectivity index (χ1n) is 8.38. The summed E-state index contributed by atoms with van der Waals surface area (Å²) in [6, 6.07) is 0. The van der Waals surface area contributed by atoms with Gasteiger partial charge in [-0.3, -0.25) is 0 Å². The van der Waals surface area contributed by atoms with Crippen molar-refractivity contribution in [3.05, 3.63) is 11.3 Å². The molecule has 22 heavy (non-hydrogen) atoms. The van der Waals surface area contributed by atoms with Gasteiger partial charge in [-0.05, 0) is 25.7 Å². The van der Waals surface area contributed by atoms with Crippen molar-refractivity contribution in [3.63, 3.8) is 0 Å². The van der Waals surface area contributed by atoms with E-state index in [0.29, 0.717) is 5.95 Å². The molecule has 2 N–H and O–H groups in total. The van der Waals surface area contributed by atoms with E-state index in [1.165, 1.54) is 18.4 Å². The lowest BCUT2D eigenvalue weighted by atomic mass is 9.91. The SMILES string of the molecule is Nc1nc2c(c(N3CCOC4(CCOCC4)C3)n1)CCCC2. The Morgan fingerprint density at radius 2 is 1.86 bits per heavy atom. The van der Waals surface area contributed by atoms with Crippen molar-refractivity contribution in [1.29, 1.82) is 0 Å². The van der Waals surface area contributed by atoms with E-state index in [1.807, 2.05) is 0 Å². The van der Waals surface area contributed by atoms with Crippen LogP contribution in [0.1, 0.15) is 36.9 Å². The Labute approximate surface area is 131 Å². The van der Waals surface area contributed by atoms with Gasteiger partial charge in [-0.2, -0.15) is 4.98 Å². The molecule has 1 aliphatic carbocycles. The van der Waals surface area contributed by atoms with Crippen LogP contribution in [0.4, 0.5) is 11.8 Å². The molecule has 120 valence electrons. The van der Waals surface area contributed by atoms with Crippen molar-refractivity contribution < 1.29 is 9.47 Å². The second kappa shape index (κ2) is 5.66. The van der Waals surface area contributed by atoms with E-state index in [4.69, 9.17) is 15.2 Å². The second-order valence-electron chi connectivity index (χ2n) is 6.60. The number of hydrogen-bond acceptors (Lipinski definition) is 6. The molecule has 6 heteroatoms. The molecule has 4 rings (SSSR count). The van der Waals surface area contributed by atoms with E-state index in [-0.39, 0.29) is 5.60 Å². The van der Waals surface area contributed by atoms with Crippen LogP contribution in [-0.4, -0.2) is 48.5 Å². The first-order chi connectivity index (χ1) is 10.8. The van der Waals surface area contributed by atoms with Crippen LogP contribution in [0.25, 0.3) is 0 Å². The Balaban J connectivity index is 1.65. The number of nitrogen functional groups attached to an aromatic ring is 1. The maximum atomic E-state index is 6.14. The number of hydrogen-bond donors (Lipinski definition) is 1. The van der Waals surface area contributed by atoms with Gasteiger partial charge in [0, 0.05) is 44.7 Å². The van der Waals surface area contributed by atoms with Gasteiger partial charge in [0.2, 0.25) is 5.95 Å². The topological polar surface area (TPSA) is 73.5 Å². The number of rotatable bonds is 1. The van der Waals surface area contributed by atoms with Gasteiger partial charge in [0.1, 0.15) is 5.82 Å². The summed E-state index contributed by atoms with van der Waals surface area (Å²) in [6.07, 6.45) is 6.44. The van der Waals surface area contributed by atoms with Gasteiger partial charge >= 0.3 is 0 Å². The van der Waals surface area contributed by atoms with Crippen LogP contribution in [0.5, 0.6) is 0 Å². The highest BCUT2D eigenvalue weighted by Gasteiger charge is 2.39. The van der Waals surface area contributed by atoms with Crippen LogP contribution < -0.4 is 10.6 Å². The molecule has 3 heterocycles. The number of ether oxygens (including phenoxy) is 2. The molecule has 0 unspecified atom stereocenters. The first kappa shape index (κ1) is 14.2. The molecule has 0 amide bonds. The van der Waals surface area contributed by atoms with Gasteiger partial charge in [0.25, 0.3) is 0 Å². The normalized spacial score (nSPS) is 24.3. The molecule has 0 bridgehead atoms. The molecular formula is C16H24N4O2. The Hall–Kier alpha value is -1.40. The maximum Gasteiger partial charge on any atom is 0.222 e. The Bertz CT molecular complexity index is 552. The minimum absolute atomic E-state index is 0.0717. The van der Waals surface area contributed by atoms with Crippen LogP contribution >= 0.6 is 0 Å². The Morgan fingerprint density at radius 1 is 1.05 bits per heavy atom. The summed E-state index contributed by atoms with van der Waals surface area (Å²) >= 11 is 0. The highest BCUT2D eigenvalue weighted by atomic mass is 16.5. The summed E-state index contributed by atoms with van der Waals surface area (Å²) in [5.74, 6) is 1.46. The average Bonchev–Trinajstić information content (AvgIpc) is 2.55. The molecule has 1 aromatic heterocycles. The molecule has 2 fully saturated rings. The summed E-state index contributed by atoms with van der Waals surface area (Å²) in [6.45, 7) is 4.10. The van der Waals surface area contributed by atoms with Crippen molar-refractivity contribution in [1.82, 2.24) is 9.97 Å². The quantitative estimate of drug-likeness (QED) is 0.843. The van der Waals surface area contributed by atoms with E-state index < -0.39 is 0 Å². The third-order valence-electron chi connectivity index (χ3n) is 5.13. The maximum absolute atomic E-state index is 6.14. The molecule has 2 saturated heterocycles. The van der Waals surface area contributed by atoms with Crippen LogP contribution in [0.3, 0.4) is 0 Å². The van der Waals surface area contributed by atoms with Gasteiger partial charge in [-0.15, -0.1) is 0 Å². The van der Waals surface area contributed by atoms with Crippen molar-refractivity contribution in [2.24, 2.45) is 0 Å². The number of morpholine rings is 1. The number of fused-ring (bicyclic) bond motifs is 1. The fraction of sp³-hybridized carbons (Fsp3) is 0.750. The number of aromatic nitrogens is 2. The van der Waals surface area contributed by atoms with E-state index >= 15 is 0 Å². The predicted octanol–water partition coefficient (Wildman–Crippen LogP) is 1.32. The van der Waals surface area contributed by atoms with Gasteiger partial charge < -0.3 is 20.1 Å². The zero-order valence-electron chi connectivity index (χ0n) is 13.0. The first-order valence-corrected chi connectivity index (χ1v) is 8.38. The molecule has 1 aromatic rings. The molecule has 0 radical (unpaired) electrons. The number of nitrogens with two attached hydrogens (primary N) is 1. The second-order valence-corrected chi connectivity index (χ2v) is 6.60. The van der Waals surface area contributed by atoms with Crippen molar-refractivity contribution in [2.45, 2.75) is 44.1 Å². The molecule has 0 atom stereocenters. The third kappa shape index (κ3) is 2.54. The van der Waals surface area contributed by atoms with Crippen LogP contribution in [0.2, 0.25) is 0 Å². The zero-order valence-corrected chi connectivity index (χ0v) is 13.0. The van der Waals surface area contributed by atoms with E-state index in [1.54, 1.807) is 0 Å². The molecule has 3 aliphatic rings. The molecule has 0 saturated carbocycles. The smallest absolute Gasteiger partial charge is 0.222 e. The monoisotopic (exact) mass is 304 g/mol. The highest BCUT2D eigenvalue weighted by molar-refractivity contribution is 5.53. The minimum Gasteiger partial charge on any atom is -0.381 e. The fourth-order valence-electron chi connectivity index (χ4n) is 3.93. The lowest BCUT2D eigenvalue weighted by molar-refractivity contribution is -0.116. The van der Waals surface area contributed by atoms with E-state index in [0.717, 1.165) is 70.1 Å². The van der Waals surface area contributed by atoms with Crippen LogP contribution in [0.15, 0.2) is 0 Å². The summed E-state index contributed by atoms with van der Waals surface area (Å²) in [7, 11) is 0. The van der Waals surface area contributed by atoms with Crippen molar-refractivity contribution in [3.8, 4) is 0 Å². The minimum atomic E-state index is -0.0717. The standard InChI is InChI=1S/C16H24N4O2/c17-15-18-13-4-2-1-3-12(13)14(19-15)20-7-10-22-16(11-20)5-8-21-9-6-16/h1-11H2,(H2,17,18,19). The number of anilines is 2.